The predicted octanol–water partition coefficient (Wildman–Crippen LogP) is 2.54. The van der Waals surface area contributed by atoms with Crippen molar-refractivity contribution in [3.8, 4) is 0 Å². The van der Waals surface area contributed by atoms with Gasteiger partial charge in [-0.05, 0) is 39.2 Å². The SMILES string of the molecule is CNC(=O)NC1CCCCC1Nc1nc(C)nc2[nH]c(C)c(C)c12. The molecule has 7 nitrogen and oxygen atoms in total. The van der Waals surface area contributed by atoms with Crippen LogP contribution in [0.15, 0.2) is 0 Å². The third kappa shape index (κ3) is 3.16. The van der Waals surface area contributed by atoms with Gasteiger partial charge < -0.3 is 20.9 Å². The molecule has 0 aliphatic heterocycles. The monoisotopic (exact) mass is 330 g/mol. The zero-order valence-corrected chi connectivity index (χ0v) is 14.8. The molecule has 0 radical (unpaired) electrons. The van der Waals surface area contributed by atoms with Gasteiger partial charge in [-0.2, -0.15) is 0 Å². The Kier molecular flexibility index (Phi) is 4.59. The summed E-state index contributed by atoms with van der Waals surface area (Å²) in [6.45, 7) is 6.03. The van der Waals surface area contributed by atoms with Gasteiger partial charge in [-0.1, -0.05) is 12.8 Å². The molecule has 2 atom stereocenters. The van der Waals surface area contributed by atoms with Crippen LogP contribution in [0.2, 0.25) is 0 Å². The normalized spacial score (nSPS) is 20.8. The Labute approximate surface area is 142 Å². The minimum Gasteiger partial charge on any atom is -0.365 e. The molecular weight excluding hydrogens is 304 g/mol. The van der Waals surface area contributed by atoms with Crippen LogP contribution in [0.25, 0.3) is 11.0 Å². The number of hydrogen-bond acceptors (Lipinski definition) is 4. The van der Waals surface area contributed by atoms with Gasteiger partial charge in [0.05, 0.1) is 11.4 Å². The van der Waals surface area contributed by atoms with Crippen molar-refractivity contribution in [1.29, 1.82) is 0 Å². The fraction of sp³-hybridized carbons (Fsp3) is 0.588. The number of carbonyl (C=O) groups excluding carboxylic acids is 1. The van der Waals surface area contributed by atoms with Crippen molar-refractivity contribution in [2.24, 2.45) is 0 Å². The zero-order chi connectivity index (χ0) is 17.3. The van der Waals surface area contributed by atoms with Crippen molar-refractivity contribution in [3.05, 3.63) is 17.1 Å². The van der Waals surface area contributed by atoms with E-state index in [2.05, 4.69) is 37.8 Å². The number of anilines is 1. The van der Waals surface area contributed by atoms with Gasteiger partial charge in [0.25, 0.3) is 0 Å². The molecule has 2 amide bonds. The van der Waals surface area contributed by atoms with E-state index in [-0.39, 0.29) is 18.1 Å². The Bertz CT molecular complexity index is 753. The van der Waals surface area contributed by atoms with E-state index >= 15 is 0 Å². The van der Waals surface area contributed by atoms with Gasteiger partial charge in [-0.25, -0.2) is 14.8 Å². The first-order valence-electron chi connectivity index (χ1n) is 8.58. The summed E-state index contributed by atoms with van der Waals surface area (Å²) in [5.74, 6) is 1.59. The Hall–Kier alpha value is -2.31. The Morgan fingerprint density at radius 1 is 1.12 bits per heavy atom. The van der Waals surface area contributed by atoms with E-state index in [4.69, 9.17) is 0 Å². The molecule has 1 fully saturated rings. The van der Waals surface area contributed by atoms with Crippen molar-refractivity contribution in [1.82, 2.24) is 25.6 Å². The number of amides is 2. The second kappa shape index (κ2) is 6.67. The standard InChI is InChI=1S/C17H26N6O/c1-9-10(2)19-15-14(9)16(21-11(3)20-15)22-12-7-5-6-8-13(12)23-17(24)18-4/h12-13H,5-8H2,1-4H3,(H2,18,23,24)(H2,19,20,21,22). The van der Waals surface area contributed by atoms with E-state index in [0.29, 0.717) is 0 Å². The number of aromatic nitrogens is 3. The number of fused-ring (bicyclic) bond motifs is 1. The fourth-order valence-corrected chi connectivity index (χ4v) is 3.47. The molecule has 24 heavy (non-hydrogen) atoms. The van der Waals surface area contributed by atoms with Crippen LogP contribution in [0.3, 0.4) is 0 Å². The topological polar surface area (TPSA) is 94.7 Å². The smallest absolute Gasteiger partial charge is 0.314 e. The molecular formula is C17H26N6O. The van der Waals surface area contributed by atoms with Crippen molar-refractivity contribution in [3.63, 3.8) is 0 Å². The van der Waals surface area contributed by atoms with Crippen molar-refractivity contribution < 1.29 is 4.79 Å². The Morgan fingerprint density at radius 3 is 2.54 bits per heavy atom. The number of carbonyl (C=O) groups is 1. The van der Waals surface area contributed by atoms with Crippen LogP contribution in [0.4, 0.5) is 10.6 Å². The van der Waals surface area contributed by atoms with E-state index in [9.17, 15) is 4.79 Å². The van der Waals surface area contributed by atoms with Crippen LogP contribution >= 0.6 is 0 Å². The number of aromatic amines is 1. The second-order valence-corrected chi connectivity index (χ2v) is 6.58. The maximum Gasteiger partial charge on any atom is 0.314 e. The summed E-state index contributed by atoms with van der Waals surface area (Å²) in [6.07, 6.45) is 4.28. The zero-order valence-electron chi connectivity index (χ0n) is 14.8. The molecule has 0 bridgehead atoms. The summed E-state index contributed by atoms with van der Waals surface area (Å²) < 4.78 is 0. The molecule has 3 rings (SSSR count). The molecule has 0 saturated heterocycles. The summed E-state index contributed by atoms with van der Waals surface area (Å²) in [6, 6.07) is 0.138. The molecule has 4 N–H and O–H groups in total. The lowest BCUT2D eigenvalue weighted by Crippen LogP contribution is -2.51. The minimum absolute atomic E-state index is 0.101. The van der Waals surface area contributed by atoms with Crippen LogP contribution in [-0.4, -0.2) is 40.1 Å². The molecule has 2 aromatic rings. The van der Waals surface area contributed by atoms with Crippen LogP contribution in [0.5, 0.6) is 0 Å². The molecule has 2 heterocycles. The molecule has 2 unspecified atom stereocenters. The number of aryl methyl sites for hydroxylation is 3. The summed E-state index contributed by atoms with van der Waals surface area (Å²) in [5, 5.41) is 10.3. The summed E-state index contributed by atoms with van der Waals surface area (Å²) >= 11 is 0. The third-order valence-electron chi connectivity index (χ3n) is 4.90. The maximum absolute atomic E-state index is 11.7. The fourth-order valence-electron chi connectivity index (χ4n) is 3.47. The summed E-state index contributed by atoms with van der Waals surface area (Å²) in [7, 11) is 1.64. The lowest BCUT2D eigenvalue weighted by atomic mass is 9.90. The molecule has 7 heteroatoms. The van der Waals surface area contributed by atoms with Gasteiger partial charge in [0.15, 0.2) is 0 Å². The van der Waals surface area contributed by atoms with Gasteiger partial charge in [-0.15, -0.1) is 0 Å². The minimum atomic E-state index is -0.133. The highest BCUT2D eigenvalue weighted by Crippen LogP contribution is 2.29. The number of nitrogens with one attached hydrogen (secondary N) is 4. The number of urea groups is 1. The second-order valence-electron chi connectivity index (χ2n) is 6.58. The first-order valence-corrected chi connectivity index (χ1v) is 8.58. The highest BCUT2D eigenvalue weighted by atomic mass is 16.2. The van der Waals surface area contributed by atoms with Gasteiger partial charge in [0.2, 0.25) is 0 Å². The van der Waals surface area contributed by atoms with Gasteiger partial charge in [0.1, 0.15) is 17.3 Å². The largest absolute Gasteiger partial charge is 0.365 e. The maximum atomic E-state index is 11.7. The lowest BCUT2D eigenvalue weighted by Gasteiger charge is -2.33. The summed E-state index contributed by atoms with van der Waals surface area (Å²) in [4.78, 5) is 24.2. The van der Waals surface area contributed by atoms with E-state index in [1.807, 2.05) is 13.8 Å². The van der Waals surface area contributed by atoms with E-state index in [1.165, 1.54) is 5.56 Å². The number of H-pyrrole nitrogens is 1. The van der Waals surface area contributed by atoms with E-state index < -0.39 is 0 Å². The Morgan fingerprint density at radius 2 is 1.83 bits per heavy atom. The van der Waals surface area contributed by atoms with Crippen LogP contribution in [0, 0.1) is 20.8 Å². The van der Waals surface area contributed by atoms with Gasteiger partial charge in [-0.3, -0.25) is 0 Å². The molecule has 0 spiro atoms. The van der Waals surface area contributed by atoms with Crippen molar-refractivity contribution in [2.75, 3.05) is 12.4 Å². The highest BCUT2D eigenvalue weighted by molar-refractivity contribution is 5.91. The lowest BCUT2D eigenvalue weighted by molar-refractivity contribution is 0.232. The molecule has 1 aliphatic carbocycles. The van der Waals surface area contributed by atoms with Crippen molar-refractivity contribution in [2.45, 2.75) is 58.5 Å². The van der Waals surface area contributed by atoms with E-state index in [1.54, 1.807) is 7.05 Å². The predicted molar refractivity (Wildman–Crippen MR) is 95.4 cm³/mol. The average Bonchev–Trinajstić information content (AvgIpc) is 2.83. The number of rotatable bonds is 3. The molecule has 1 saturated carbocycles. The number of hydrogen-bond donors (Lipinski definition) is 4. The highest BCUT2D eigenvalue weighted by Gasteiger charge is 2.27. The summed E-state index contributed by atoms with van der Waals surface area (Å²) in [5.41, 5.74) is 3.14. The van der Waals surface area contributed by atoms with E-state index in [0.717, 1.165) is 54.1 Å². The Balaban J connectivity index is 1.91. The van der Waals surface area contributed by atoms with Gasteiger partial charge in [0, 0.05) is 18.8 Å². The third-order valence-corrected chi connectivity index (χ3v) is 4.90. The first-order chi connectivity index (χ1) is 11.5. The van der Waals surface area contributed by atoms with Crippen molar-refractivity contribution >= 4 is 22.9 Å². The molecule has 130 valence electrons. The quantitative estimate of drug-likeness (QED) is 0.695. The average molecular weight is 330 g/mol. The molecule has 0 aromatic carbocycles. The molecule has 2 aromatic heterocycles. The molecule has 1 aliphatic rings. The van der Waals surface area contributed by atoms with Crippen LogP contribution in [-0.2, 0) is 0 Å². The number of nitrogens with zero attached hydrogens (tertiary/aromatic N) is 2. The van der Waals surface area contributed by atoms with Gasteiger partial charge >= 0.3 is 6.03 Å². The van der Waals surface area contributed by atoms with Crippen LogP contribution < -0.4 is 16.0 Å². The first kappa shape index (κ1) is 16.5. The van der Waals surface area contributed by atoms with Crippen LogP contribution in [0.1, 0.15) is 42.8 Å².